The van der Waals surface area contributed by atoms with Crippen LogP contribution in [-0.2, 0) is 4.79 Å². The third-order valence-corrected chi connectivity index (χ3v) is 4.66. The van der Waals surface area contributed by atoms with Crippen LogP contribution in [-0.4, -0.2) is 50.7 Å². The lowest BCUT2D eigenvalue weighted by Crippen LogP contribution is -2.43. The molecule has 0 saturated carbocycles. The van der Waals surface area contributed by atoms with Crippen molar-refractivity contribution >= 4 is 33.8 Å². The van der Waals surface area contributed by atoms with Crippen LogP contribution in [0.1, 0.15) is 18.7 Å². The van der Waals surface area contributed by atoms with Crippen molar-refractivity contribution in [3.05, 3.63) is 18.1 Å². The van der Waals surface area contributed by atoms with Gasteiger partial charge in [0.05, 0.1) is 17.4 Å². The highest BCUT2D eigenvalue weighted by atomic mass is 16.1. The molecule has 3 aromatic rings. The largest absolute Gasteiger partial charge is 0.355 e. The minimum atomic E-state index is -0.165. The highest BCUT2D eigenvalue weighted by Crippen LogP contribution is 2.31. The van der Waals surface area contributed by atoms with E-state index in [0.29, 0.717) is 17.8 Å². The molecule has 4 rings (SSSR count). The van der Waals surface area contributed by atoms with E-state index in [1.54, 1.807) is 6.20 Å². The maximum atomic E-state index is 12.3. The second kappa shape index (κ2) is 6.55. The van der Waals surface area contributed by atoms with E-state index in [1.165, 1.54) is 0 Å². The summed E-state index contributed by atoms with van der Waals surface area (Å²) in [4.78, 5) is 26.5. The van der Waals surface area contributed by atoms with Crippen LogP contribution in [0.2, 0.25) is 0 Å². The molecule has 9 heteroatoms. The van der Waals surface area contributed by atoms with Gasteiger partial charge in [-0.15, -0.1) is 10.2 Å². The molecule has 1 aliphatic rings. The Balaban J connectivity index is 1.75. The number of anilines is 1. The molecule has 3 aromatic heterocycles. The second-order valence-corrected chi connectivity index (χ2v) is 6.41. The molecule has 0 spiro atoms. The Kier molecular flexibility index (Phi) is 4.08. The van der Waals surface area contributed by atoms with Gasteiger partial charge in [-0.3, -0.25) is 4.79 Å². The second-order valence-electron chi connectivity index (χ2n) is 6.41. The molecule has 1 saturated heterocycles. The number of carbonyl (C=O) groups excluding carboxylic acids is 1. The minimum absolute atomic E-state index is 0.0331. The molecule has 1 atom stereocenters. The summed E-state index contributed by atoms with van der Waals surface area (Å²) in [5, 5.41) is 21.5. The number of carbonyl (C=O) groups is 1. The van der Waals surface area contributed by atoms with Crippen molar-refractivity contribution in [2.24, 2.45) is 5.92 Å². The van der Waals surface area contributed by atoms with E-state index >= 15 is 0 Å². The van der Waals surface area contributed by atoms with Crippen molar-refractivity contribution in [1.82, 2.24) is 30.5 Å². The van der Waals surface area contributed by atoms with Crippen LogP contribution in [0.3, 0.4) is 0 Å². The smallest absolute Gasteiger partial charge is 0.225 e. The molecule has 4 heterocycles. The highest BCUT2D eigenvalue weighted by Gasteiger charge is 2.28. The fraction of sp³-hybridized carbons (Fsp3) is 0.412. The Morgan fingerprint density at radius 1 is 1.50 bits per heavy atom. The van der Waals surface area contributed by atoms with Gasteiger partial charge in [-0.2, -0.15) is 5.26 Å². The number of aromatic amines is 1. The quantitative estimate of drug-likeness (QED) is 0.677. The lowest BCUT2D eigenvalue weighted by Gasteiger charge is -2.33. The summed E-state index contributed by atoms with van der Waals surface area (Å²) in [5.74, 6) is 1.28. The average Bonchev–Trinajstić information content (AvgIpc) is 3.14. The molecule has 0 aliphatic carbocycles. The van der Waals surface area contributed by atoms with Crippen LogP contribution < -0.4 is 10.2 Å². The van der Waals surface area contributed by atoms with Crippen LogP contribution in [0, 0.1) is 24.2 Å². The van der Waals surface area contributed by atoms with E-state index < -0.39 is 0 Å². The summed E-state index contributed by atoms with van der Waals surface area (Å²) in [6.07, 6.45) is 3.39. The Morgan fingerprint density at radius 3 is 3.23 bits per heavy atom. The van der Waals surface area contributed by atoms with Gasteiger partial charge in [0.2, 0.25) is 5.91 Å². The normalized spacial score (nSPS) is 17.4. The Morgan fingerprint density at radius 2 is 2.38 bits per heavy atom. The summed E-state index contributed by atoms with van der Waals surface area (Å²) in [7, 11) is 0. The fourth-order valence-electron chi connectivity index (χ4n) is 3.49. The number of hydrogen-bond acceptors (Lipinski definition) is 7. The molecule has 9 nitrogen and oxygen atoms in total. The molecule has 0 aromatic carbocycles. The summed E-state index contributed by atoms with van der Waals surface area (Å²) >= 11 is 0. The first-order valence-electron chi connectivity index (χ1n) is 8.54. The fourth-order valence-corrected chi connectivity index (χ4v) is 3.49. The first-order valence-corrected chi connectivity index (χ1v) is 8.54. The molecule has 26 heavy (non-hydrogen) atoms. The van der Waals surface area contributed by atoms with Gasteiger partial charge in [0.15, 0.2) is 11.3 Å². The molecule has 1 amide bonds. The number of nitriles is 1. The zero-order valence-corrected chi connectivity index (χ0v) is 14.4. The van der Waals surface area contributed by atoms with Crippen molar-refractivity contribution in [1.29, 1.82) is 5.26 Å². The van der Waals surface area contributed by atoms with Crippen molar-refractivity contribution in [2.45, 2.75) is 19.8 Å². The maximum Gasteiger partial charge on any atom is 0.225 e. The number of nitrogens with one attached hydrogen (secondary N) is 2. The molecule has 0 bridgehead atoms. The van der Waals surface area contributed by atoms with E-state index in [-0.39, 0.29) is 18.4 Å². The summed E-state index contributed by atoms with van der Waals surface area (Å²) in [6.45, 7) is 3.27. The van der Waals surface area contributed by atoms with Crippen molar-refractivity contribution in [3.8, 4) is 6.07 Å². The lowest BCUT2D eigenvalue weighted by molar-refractivity contribution is -0.125. The molecule has 132 valence electrons. The number of rotatable bonds is 3. The predicted octanol–water partition coefficient (Wildman–Crippen LogP) is 1.07. The molecule has 2 N–H and O–H groups in total. The number of H-pyrrole nitrogens is 1. The van der Waals surface area contributed by atoms with Gasteiger partial charge in [-0.05, 0) is 25.8 Å². The van der Waals surface area contributed by atoms with Crippen LogP contribution in [0.25, 0.3) is 22.1 Å². The highest BCUT2D eigenvalue weighted by molar-refractivity contribution is 6.07. The number of piperidine rings is 1. The molecular weight excluding hydrogens is 332 g/mol. The predicted molar refractivity (Wildman–Crippen MR) is 95.3 cm³/mol. The average molecular weight is 350 g/mol. The van der Waals surface area contributed by atoms with Crippen LogP contribution >= 0.6 is 0 Å². The van der Waals surface area contributed by atoms with Gasteiger partial charge in [0.25, 0.3) is 0 Å². The third kappa shape index (κ3) is 2.79. The van der Waals surface area contributed by atoms with Crippen molar-refractivity contribution in [2.75, 3.05) is 24.5 Å². The van der Waals surface area contributed by atoms with E-state index in [2.05, 4.69) is 30.4 Å². The van der Waals surface area contributed by atoms with Gasteiger partial charge >= 0.3 is 0 Å². The van der Waals surface area contributed by atoms with Gasteiger partial charge < -0.3 is 15.2 Å². The zero-order valence-electron chi connectivity index (χ0n) is 14.4. The van der Waals surface area contributed by atoms with Crippen molar-refractivity contribution in [3.63, 3.8) is 0 Å². The molecule has 1 unspecified atom stereocenters. The van der Waals surface area contributed by atoms with Gasteiger partial charge in [-0.1, -0.05) is 0 Å². The van der Waals surface area contributed by atoms with E-state index in [4.69, 9.17) is 10.2 Å². The van der Waals surface area contributed by atoms with Crippen LogP contribution in [0.5, 0.6) is 0 Å². The summed E-state index contributed by atoms with van der Waals surface area (Å²) < 4.78 is 0. The van der Waals surface area contributed by atoms with E-state index in [0.717, 1.165) is 41.8 Å². The molecular formula is C17H18N8O. The molecule has 0 radical (unpaired) electrons. The summed E-state index contributed by atoms with van der Waals surface area (Å²) in [6, 6.07) is 3.85. The number of nitrogens with zero attached hydrogens (tertiary/aromatic N) is 6. The Bertz CT molecular complexity index is 1020. The van der Waals surface area contributed by atoms with E-state index in [1.807, 2.05) is 19.1 Å². The first kappa shape index (κ1) is 16.2. The topological polar surface area (TPSA) is 123 Å². The zero-order chi connectivity index (χ0) is 18.1. The third-order valence-electron chi connectivity index (χ3n) is 4.66. The number of fused-ring (bicyclic) bond motifs is 3. The van der Waals surface area contributed by atoms with Crippen LogP contribution in [0.4, 0.5) is 5.82 Å². The van der Waals surface area contributed by atoms with E-state index in [9.17, 15) is 4.79 Å². The number of aryl methyl sites for hydroxylation is 1. The first-order chi connectivity index (χ1) is 12.7. The Labute approximate surface area is 149 Å². The number of aromatic nitrogens is 5. The summed E-state index contributed by atoms with van der Waals surface area (Å²) in [5.41, 5.74) is 1.24. The number of amides is 1. The monoisotopic (exact) mass is 350 g/mol. The van der Waals surface area contributed by atoms with Crippen LogP contribution in [0.15, 0.2) is 12.3 Å². The van der Waals surface area contributed by atoms with Gasteiger partial charge in [0.1, 0.15) is 18.2 Å². The number of hydrogen-bond donors (Lipinski definition) is 2. The van der Waals surface area contributed by atoms with Crippen molar-refractivity contribution < 1.29 is 4.79 Å². The molecule has 1 aliphatic heterocycles. The van der Waals surface area contributed by atoms with Gasteiger partial charge in [0, 0.05) is 24.7 Å². The SMILES string of the molecule is Cc1nc(N2CCCC(C(=O)NCC#N)C2)c2c(nnc3nccc32)[nH]1. The Hall–Kier alpha value is -3.28. The standard InChI is InChI=1S/C17H18N8O/c1-10-21-15-13(12-4-6-19-14(12)23-24-15)16(22-10)25-8-2-3-11(9-25)17(26)20-7-5-18/h4,6,11H,2-3,7-9H2,1H3,(H,20,26)(H,21,22,24). The van der Waals surface area contributed by atoms with Gasteiger partial charge in [-0.25, -0.2) is 9.97 Å². The lowest BCUT2D eigenvalue weighted by atomic mass is 9.97. The maximum absolute atomic E-state index is 12.3. The molecule has 1 fully saturated rings. The minimum Gasteiger partial charge on any atom is -0.355 e.